The summed E-state index contributed by atoms with van der Waals surface area (Å²) >= 11 is 0. The van der Waals surface area contributed by atoms with Gasteiger partial charge >= 0.3 is 0 Å². The Kier molecular flexibility index (Phi) is 2.65. The molecule has 0 fully saturated rings. The number of nitrogens with zero attached hydrogens (tertiary/aromatic N) is 1. The zero-order chi connectivity index (χ0) is 8.27. The van der Waals surface area contributed by atoms with Crippen molar-refractivity contribution in [2.24, 2.45) is 11.7 Å². The van der Waals surface area contributed by atoms with Crippen molar-refractivity contribution in [1.29, 1.82) is 0 Å². The van der Waals surface area contributed by atoms with Crippen molar-refractivity contribution in [2.75, 3.05) is 0 Å². The second kappa shape index (κ2) is 3.53. The molecule has 1 rings (SSSR count). The number of hydrogen-bond acceptors (Lipinski definition) is 2. The van der Waals surface area contributed by atoms with Crippen molar-refractivity contribution in [3.05, 3.63) is 17.5 Å². The van der Waals surface area contributed by atoms with Crippen LogP contribution in [0.5, 0.6) is 0 Å². The topological polar surface area (TPSA) is 54.7 Å². The van der Waals surface area contributed by atoms with Crippen LogP contribution in [-0.2, 0) is 13.0 Å². The molecule has 1 aromatic rings. The van der Waals surface area contributed by atoms with Crippen LogP contribution in [0.1, 0.15) is 25.1 Å². The summed E-state index contributed by atoms with van der Waals surface area (Å²) in [5.41, 5.74) is 7.82. The minimum Gasteiger partial charge on any atom is -0.325 e. The van der Waals surface area contributed by atoms with Gasteiger partial charge in [0.2, 0.25) is 0 Å². The lowest BCUT2D eigenvalue weighted by molar-refractivity contribution is 0.642. The quantitative estimate of drug-likeness (QED) is 0.682. The number of rotatable bonds is 3. The van der Waals surface area contributed by atoms with Crippen LogP contribution in [-0.4, -0.2) is 10.2 Å². The second-order valence-corrected chi connectivity index (χ2v) is 3.18. The van der Waals surface area contributed by atoms with Gasteiger partial charge in [-0.25, -0.2) is 0 Å². The highest BCUT2D eigenvalue weighted by molar-refractivity contribution is 5.16. The molecule has 0 unspecified atom stereocenters. The lowest BCUT2D eigenvalue weighted by Gasteiger charge is -2.02. The van der Waals surface area contributed by atoms with E-state index in [0.717, 1.165) is 12.1 Å². The molecule has 3 N–H and O–H groups in total. The van der Waals surface area contributed by atoms with Crippen LogP contribution in [0.2, 0.25) is 0 Å². The first-order valence-electron chi connectivity index (χ1n) is 3.95. The molecule has 0 amide bonds. The molecule has 62 valence electrons. The van der Waals surface area contributed by atoms with Gasteiger partial charge in [-0.1, -0.05) is 13.8 Å². The van der Waals surface area contributed by atoms with Gasteiger partial charge in [-0.15, -0.1) is 0 Å². The summed E-state index contributed by atoms with van der Waals surface area (Å²) in [5, 5.41) is 6.83. The van der Waals surface area contributed by atoms with E-state index in [1.807, 2.05) is 6.20 Å². The molecular formula is C8H15N3. The molecule has 3 nitrogen and oxygen atoms in total. The van der Waals surface area contributed by atoms with Gasteiger partial charge in [0.1, 0.15) is 0 Å². The maximum Gasteiger partial charge on any atom is 0.0522 e. The van der Waals surface area contributed by atoms with Crippen molar-refractivity contribution in [1.82, 2.24) is 10.2 Å². The van der Waals surface area contributed by atoms with Gasteiger partial charge in [0.25, 0.3) is 0 Å². The minimum atomic E-state index is 0.558. The normalized spacial score (nSPS) is 10.9. The first-order chi connectivity index (χ1) is 5.24. The Bertz CT molecular complexity index is 215. The maximum absolute atomic E-state index is 5.50. The number of nitrogens with one attached hydrogen (secondary N) is 1. The van der Waals surface area contributed by atoms with E-state index >= 15 is 0 Å². The minimum absolute atomic E-state index is 0.558. The summed E-state index contributed by atoms with van der Waals surface area (Å²) in [4.78, 5) is 0. The fraction of sp³-hybridized carbons (Fsp3) is 0.625. The molecule has 0 saturated carbocycles. The molecule has 11 heavy (non-hydrogen) atoms. The standard InChI is InChI=1S/C8H15N3/c1-6(2)3-7-5-10-11-8(7)4-9/h5-6H,3-4,9H2,1-2H3,(H,10,11). The lowest BCUT2D eigenvalue weighted by Crippen LogP contribution is -2.02. The van der Waals surface area contributed by atoms with E-state index in [4.69, 9.17) is 5.73 Å². The van der Waals surface area contributed by atoms with Crippen LogP contribution in [0.25, 0.3) is 0 Å². The summed E-state index contributed by atoms with van der Waals surface area (Å²) in [6.45, 7) is 4.93. The molecule has 0 saturated heterocycles. The van der Waals surface area contributed by atoms with E-state index in [2.05, 4.69) is 24.0 Å². The maximum atomic E-state index is 5.50. The Morgan fingerprint density at radius 3 is 2.91 bits per heavy atom. The molecule has 0 aromatic carbocycles. The van der Waals surface area contributed by atoms with Crippen molar-refractivity contribution in [3.63, 3.8) is 0 Å². The Hall–Kier alpha value is -0.830. The van der Waals surface area contributed by atoms with Gasteiger partial charge in [0, 0.05) is 6.54 Å². The zero-order valence-electron chi connectivity index (χ0n) is 7.09. The summed E-state index contributed by atoms with van der Waals surface area (Å²) in [5.74, 6) is 0.665. The van der Waals surface area contributed by atoms with E-state index in [-0.39, 0.29) is 0 Å². The predicted octanol–water partition coefficient (Wildman–Crippen LogP) is 1.07. The molecule has 0 aliphatic carbocycles. The Labute approximate surface area is 67.0 Å². The zero-order valence-corrected chi connectivity index (χ0v) is 7.09. The van der Waals surface area contributed by atoms with E-state index in [9.17, 15) is 0 Å². The van der Waals surface area contributed by atoms with E-state index in [1.165, 1.54) is 5.56 Å². The highest BCUT2D eigenvalue weighted by atomic mass is 15.1. The highest BCUT2D eigenvalue weighted by Crippen LogP contribution is 2.09. The van der Waals surface area contributed by atoms with E-state index < -0.39 is 0 Å². The molecule has 0 atom stereocenters. The van der Waals surface area contributed by atoms with Crippen molar-refractivity contribution in [3.8, 4) is 0 Å². The van der Waals surface area contributed by atoms with Crippen LogP contribution in [0.3, 0.4) is 0 Å². The first-order valence-corrected chi connectivity index (χ1v) is 3.95. The summed E-state index contributed by atoms with van der Waals surface area (Å²) in [6, 6.07) is 0. The van der Waals surface area contributed by atoms with E-state index in [1.54, 1.807) is 0 Å². The number of aromatic nitrogens is 2. The average Bonchev–Trinajstić information content (AvgIpc) is 2.34. The molecule has 1 heterocycles. The van der Waals surface area contributed by atoms with Gasteiger partial charge in [-0.05, 0) is 17.9 Å². The van der Waals surface area contributed by atoms with E-state index in [0.29, 0.717) is 12.5 Å². The average molecular weight is 153 g/mol. The summed E-state index contributed by atoms with van der Waals surface area (Å²) in [6.07, 6.45) is 2.92. The number of aromatic amines is 1. The molecular weight excluding hydrogens is 138 g/mol. The summed E-state index contributed by atoms with van der Waals surface area (Å²) < 4.78 is 0. The smallest absolute Gasteiger partial charge is 0.0522 e. The molecule has 0 radical (unpaired) electrons. The molecule has 0 bridgehead atoms. The van der Waals surface area contributed by atoms with Crippen LogP contribution in [0, 0.1) is 5.92 Å². The third-order valence-electron chi connectivity index (χ3n) is 1.64. The number of H-pyrrole nitrogens is 1. The molecule has 0 spiro atoms. The fourth-order valence-electron chi connectivity index (χ4n) is 1.13. The number of hydrogen-bond donors (Lipinski definition) is 2. The van der Waals surface area contributed by atoms with Crippen LogP contribution >= 0.6 is 0 Å². The van der Waals surface area contributed by atoms with Crippen molar-refractivity contribution >= 4 is 0 Å². The molecule has 1 aromatic heterocycles. The highest BCUT2D eigenvalue weighted by Gasteiger charge is 2.04. The molecule has 3 heteroatoms. The van der Waals surface area contributed by atoms with Crippen molar-refractivity contribution < 1.29 is 0 Å². The Balaban J connectivity index is 2.68. The summed E-state index contributed by atoms with van der Waals surface area (Å²) in [7, 11) is 0. The van der Waals surface area contributed by atoms with Gasteiger partial charge in [0.05, 0.1) is 11.9 Å². The van der Waals surface area contributed by atoms with Gasteiger partial charge in [-0.3, -0.25) is 5.10 Å². The molecule has 0 aliphatic heterocycles. The third kappa shape index (κ3) is 2.05. The predicted molar refractivity (Wildman–Crippen MR) is 45.0 cm³/mol. The first kappa shape index (κ1) is 8.27. The second-order valence-electron chi connectivity index (χ2n) is 3.18. The van der Waals surface area contributed by atoms with Crippen LogP contribution in [0.4, 0.5) is 0 Å². The van der Waals surface area contributed by atoms with Gasteiger partial charge < -0.3 is 5.73 Å². The fourth-order valence-corrected chi connectivity index (χ4v) is 1.13. The van der Waals surface area contributed by atoms with Gasteiger partial charge in [-0.2, -0.15) is 5.10 Å². The number of nitrogens with two attached hydrogens (primary N) is 1. The van der Waals surface area contributed by atoms with Crippen LogP contribution in [0.15, 0.2) is 6.20 Å². The Morgan fingerprint density at radius 1 is 1.64 bits per heavy atom. The SMILES string of the molecule is CC(C)Cc1cn[nH]c1CN. The largest absolute Gasteiger partial charge is 0.325 e. The van der Waals surface area contributed by atoms with Crippen molar-refractivity contribution in [2.45, 2.75) is 26.8 Å². The third-order valence-corrected chi connectivity index (χ3v) is 1.64. The van der Waals surface area contributed by atoms with Gasteiger partial charge in [0.15, 0.2) is 0 Å². The van der Waals surface area contributed by atoms with Crippen LogP contribution < -0.4 is 5.73 Å². The Morgan fingerprint density at radius 2 is 2.36 bits per heavy atom. The lowest BCUT2D eigenvalue weighted by atomic mass is 10.0. The molecule has 0 aliphatic rings. The monoisotopic (exact) mass is 153 g/mol.